The molecule has 0 radical (unpaired) electrons. The lowest BCUT2D eigenvalue weighted by Gasteiger charge is -2.40. The van der Waals surface area contributed by atoms with E-state index in [9.17, 15) is 13.2 Å². The van der Waals surface area contributed by atoms with Gasteiger partial charge in [-0.3, -0.25) is 4.79 Å². The van der Waals surface area contributed by atoms with Crippen molar-refractivity contribution in [1.29, 1.82) is 0 Å². The standard InChI is InChI=1S/C19H26N2O3S/c1-20-18(22)12-14-13-19(17-5-3-2-4-16(14)17)8-10-21(11-9-19)25(23,24)15-6-7-15/h2-5,14-15H,6-13H2,1H3,(H,20,22)/t14-/m1/s1. The van der Waals surface area contributed by atoms with E-state index < -0.39 is 10.0 Å². The largest absolute Gasteiger partial charge is 0.359 e. The van der Waals surface area contributed by atoms with E-state index in [1.54, 1.807) is 11.4 Å². The highest BCUT2D eigenvalue weighted by atomic mass is 32.2. The van der Waals surface area contributed by atoms with Crippen LogP contribution < -0.4 is 5.32 Å². The van der Waals surface area contributed by atoms with Crippen LogP contribution in [0.1, 0.15) is 55.6 Å². The van der Waals surface area contributed by atoms with Gasteiger partial charge in [0, 0.05) is 26.6 Å². The van der Waals surface area contributed by atoms with E-state index in [0.29, 0.717) is 19.5 Å². The van der Waals surface area contributed by atoms with E-state index in [0.717, 1.165) is 32.1 Å². The predicted molar refractivity (Wildman–Crippen MR) is 96.9 cm³/mol. The fraction of sp³-hybridized carbons (Fsp3) is 0.632. The summed E-state index contributed by atoms with van der Waals surface area (Å²) < 4.78 is 26.7. The molecule has 6 heteroatoms. The lowest BCUT2D eigenvalue weighted by atomic mass is 9.73. The molecule has 0 aromatic heterocycles. The van der Waals surface area contributed by atoms with E-state index in [-0.39, 0.29) is 22.5 Å². The molecule has 25 heavy (non-hydrogen) atoms. The van der Waals surface area contributed by atoms with Crippen LogP contribution in [0.4, 0.5) is 0 Å². The lowest BCUT2D eigenvalue weighted by Crippen LogP contribution is -2.45. The van der Waals surface area contributed by atoms with Crippen molar-refractivity contribution in [3.63, 3.8) is 0 Å². The summed E-state index contributed by atoms with van der Waals surface area (Å²) in [5.74, 6) is 0.313. The molecule has 0 bridgehead atoms. The summed E-state index contributed by atoms with van der Waals surface area (Å²) >= 11 is 0. The summed E-state index contributed by atoms with van der Waals surface area (Å²) in [4.78, 5) is 11.9. The number of hydrogen-bond donors (Lipinski definition) is 1. The first-order valence-electron chi connectivity index (χ1n) is 9.25. The topological polar surface area (TPSA) is 66.5 Å². The van der Waals surface area contributed by atoms with Gasteiger partial charge in [0.05, 0.1) is 5.25 Å². The van der Waals surface area contributed by atoms with Gasteiger partial charge in [-0.15, -0.1) is 0 Å². The molecule has 1 heterocycles. The summed E-state index contributed by atoms with van der Waals surface area (Å²) in [6, 6.07) is 8.44. The minimum absolute atomic E-state index is 0.0326. The molecule has 1 aromatic rings. The van der Waals surface area contributed by atoms with Gasteiger partial charge in [0.2, 0.25) is 15.9 Å². The molecular formula is C19H26N2O3S. The predicted octanol–water partition coefficient (Wildman–Crippen LogP) is 2.14. The number of hydrogen-bond acceptors (Lipinski definition) is 3. The van der Waals surface area contributed by atoms with E-state index >= 15 is 0 Å². The normalized spacial score (nSPS) is 25.7. The SMILES string of the molecule is CNC(=O)C[C@@H]1CC2(CCN(S(=O)(=O)C3CC3)CC2)c2ccccc21. The van der Waals surface area contributed by atoms with Gasteiger partial charge in [0.25, 0.3) is 0 Å². The van der Waals surface area contributed by atoms with Crippen molar-refractivity contribution in [2.75, 3.05) is 20.1 Å². The molecule has 1 amide bonds. The van der Waals surface area contributed by atoms with E-state index in [1.165, 1.54) is 11.1 Å². The van der Waals surface area contributed by atoms with Crippen LogP contribution in [-0.2, 0) is 20.2 Å². The Morgan fingerprint density at radius 3 is 2.56 bits per heavy atom. The van der Waals surface area contributed by atoms with Crippen molar-refractivity contribution in [2.45, 2.75) is 55.1 Å². The Balaban J connectivity index is 1.56. The van der Waals surface area contributed by atoms with Gasteiger partial charge in [0.15, 0.2) is 0 Å². The molecule has 4 rings (SSSR count). The Kier molecular flexibility index (Phi) is 4.15. The quantitative estimate of drug-likeness (QED) is 0.892. The average Bonchev–Trinajstić information content (AvgIpc) is 3.43. The molecule has 1 aromatic carbocycles. The molecule has 2 fully saturated rings. The zero-order chi connectivity index (χ0) is 17.7. The fourth-order valence-corrected chi connectivity index (χ4v) is 6.60. The highest BCUT2D eigenvalue weighted by molar-refractivity contribution is 7.90. The summed E-state index contributed by atoms with van der Waals surface area (Å²) in [5.41, 5.74) is 2.65. The molecule has 1 spiro atoms. The second-order valence-electron chi connectivity index (χ2n) is 7.79. The van der Waals surface area contributed by atoms with Crippen LogP contribution in [0.2, 0.25) is 0 Å². The number of carbonyl (C=O) groups is 1. The van der Waals surface area contributed by atoms with Gasteiger partial charge >= 0.3 is 0 Å². The van der Waals surface area contributed by atoms with Gasteiger partial charge < -0.3 is 5.32 Å². The second kappa shape index (κ2) is 6.09. The van der Waals surface area contributed by atoms with Gasteiger partial charge in [-0.1, -0.05) is 24.3 Å². The van der Waals surface area contributed by atoms with Crippen LogP contribution >= 0.6 is 0 Å². The van der Waals surface area contributed by atoms with Crippen molar-refractivity contribution >= 4 is 15.9 Å². The van der Waals surface area contributed by atoms with Crippen LogP contribution in [0, 0.1) is 0 Å². The maximum atomic E-state index is 12.5. The number of benzene rings is 1. The highest BCUT2D eigenvalue weighted by Crippen LogP contribution is 2.53. The molecular weight excluding hydrogens is 336 g/mol. The van der Waals surface area contributed by atoms with Gasteiger partial charge in [-0.25, -0.2) is 12.7 Å². The summed E-state index contributed by atoms with van der Waals surface area (Å²) in [6.07, 6.45) is 4.83. The number of fused-ring (bicyclic) bond motifs is 2. The van der Waals surface area contributed by atoms with Crippen LogP contribution in [0.15, 0.2) is 24.3 Å². The average molecular weight is 362 g/mol. The third kappa shape index (κ3) is 2.89. The molecule has 1 aliphatic heterocycles. The number of nitrogens with one attached hydrogen (secondary N) is 1. The molecule has 0 unspecified atom stereocenters. The zero-order valence-electron chi connectivity index (χ0n) is 14.7. The zero-order valence-corrected chi connectivity index (χ0v) is 15.5. The molecule has 5 nitrogen and oxygen atoms in total. The maximum absolute atomic E-state index is 12.5. The van der Waals surface area contributed by atoms with E-state index in [1.807, 2.05) is 6.07 Å². The van der Waals surface area contributed by atoms with Crippen molar-refractivity contribution in [2.24, 2.45) is 0 Å². The van der Waals surface area contributed by atoms with E-state index in [2.05, 4.69) is 23.5 Å². The lowest BCUT2D eigenvalue weighted by molar-refractivity contribution is -0.121. The summed E-state index contributed by atoms with van der Waals surface area (Å²) in [7, 11) is -1.40. The Hall–Kier alpha value is -1.40. The molecule has 1 saturated heterocycles. The monoisotopic (exact) mass is 362 g/mol. The van der Waals surface area contributed by atoms with Crippen LogP contribution in [0.25, 0.3) is 0 Å². The van der Waals surface area contributed by atoms with Crippen molar-refractivity contribution < 1.29 is 13.2 Å². The molecule has 1 atom stereocenters. The van der Waals surface area contributed by atoms with Gasteiger partial charge in [-0.05, 0) is 54.6 Å². The number of rotatable bonds is 4. The molecule has 1 saturated carbocycles. The Morgan fingerprint density at radius 1 is 1.24 bits per heavy atom. The maximum Gasteiger partial charge on any atom is 0.220 e. The molecule has 3 aliphatic rings. The van der Waals surface area contributed by atoms with Crippen LogP contribution in [0.5, 0.6) is 0 Å². The fourth-order valence-electron chi connectivity index (χ4n) is 4.75. The van der Waals surface area contributed by atoms with Crippen molar-refractivity contribution in [3.8, 4) is 0 Å². The number of piperidine rings is 1. The van der Waals surface area contributed by atoms with Crippen LogP contribution in [-0.4, -0.2) is 44.0 Å². The Labute approximate surface area is 149 Å². The van der Waals surface area contributed by atoms with Crippen molar-refractivity contribution in [1.82, 2.24) is 9.62 Å². The van der Waals surface area contributed by atoms with Crippen molar-refractivity contribution in [3.05, 3.63) is 35.4 Å². The van der Waals surface area contributed by atoms with Crippen LogP contribution in [0.3, 0.4) is 0 Å². The summed E-state index contributed by atoms with van der Waals surface area (Å²) in [5, 5.41) is 2.61. The minimum Gasteiger partial charge on any atom is -0.359 e. The number of nitrogens with zero attached hydrogens (tertiary/aromatic N) is 1. The second-order valence-corrected chi connectivity index (χ2v) is 10.0. The molecule has 2 aliphatic carbocycles. The Morgan fingerprint density at radius 2 is 1.92 bits per heavy atom. The Bertz CT molecular complexity index is 778. The first-order valence-corrected chi connectivity index (χ1v) is 10.8. The van der Waals surface area contributed by atoms with Gasteiger partial charge in [-0.2, -0.15) is 0 Å². The molecule has 136 valence electrons. The molecule has 1 N–H and O–H groups in total. The van der Waals surface area contributed by atoms with Gasteiger partial charge in [0.1, 0.15) is 0 Å². The summed E-state index contributed by atoms with van der Waals surface area (Å²) in [6.45, 7) is 1.22. The smallest absolute Gasteiger partial charge is 0.220 e. The first kappa shape index (κ1) is 17.0. The third-order valence-electron chi connectivity index (χ3n) is 6.30. The number of amides is 1. The first-order chi connectivity index (χ1) is 12.0. The highest BCUT2D eigenvalue weighted by Gasteiger charge is 2.49. The minimum atomic E-state index is -3.08. The van der Waals surface area contributed by atoms with E-state index in [4.69, 9.17) is 0 Å². The third-order valence-corrected chi connectivity index (χ3v) is 8.70. The number of carbonyl (C=O) groups excluding carboxylic acids is 1. The number of sulfonamides is 1.